The van der Waals surface area contributed by atoms with Gasteiger partial charge in [-0.25, -0.2) is 0 Å². The van der Waals surface area contributed by atoms with Gasteiger partial charge in [-0.15, -0.1) is 0 Å². The summed E-state index contributed by atoms with van der Waals surface area (Å²) in [5.74, 6) is 0. The van der Waals surface area contributed by atoms with Gasteiger partial charge in [0.2, 0.25) is 0 Å². The van der Waals surface area contributed by atoms with Crippen molar-refractivity contribution in [2.75, 3.05) is 18.0 Å². The number of aliphatic hydroxyl groups is 1. The molecule has 0 radical (unpaired) electrons. The van der Waals surface area contributed by atoms with Crippen LogP contribution in [0, 0.1) is 5.41 Å². The first-order valence-corrected chi connectivity index (χ1v) is 7.61. The number of aliphatic hydroxyl groups excluding tert-OH is 1. The van der Waals surface area contributed by atoms with Crippen LogP contribution in [-0.2, 0) is 0 Å². The predicted molar refractivity (Wildman–Crippen MR) is 81.9 cm³/mol. The van der Waals surface area contributed by atoms with Crippen LogP contribution in [0.4, 0.5) is 5.69 Å². The van der Waals surface area contributed by atoms with Gasteiger partial charge in [0, 0.05) is 13.1 Å². The van der Waals surface area contributed by atoms with E-state index in [9.17, 15) is 5.11 Å². The Hall–Kier alpha value is -0.730. The molecular weight excluding hydrogens is 258 g/mol. The van der Waals surface area contributed by atoms with E-state index in [-0.39, 0.29) is 0 Å². The third kappa shape index (κ3) is 2.90. The molecule has 0 amide bonds. The molecule has 1 aliphatic heterocycles. The van der Waals surface area contributed by atoms with Crippen LogP contribution in [0.5, 0.6) is 0 Å². The van der Waals surface area contributed by atoms with E-state index in [1.165, 1.54) is 19.3 Å². The molecule has 0 aliphatic carbocycles. The fourth-order valence-electron chi connectivity index (χ4n) is 3.01. The zero-order chi connectivity index (χ0) is 14.0. The van der Waals surface area contributed by atoms with Crippen molar-refractivity contribution >= 4 is 17.3 Å². The molecule has 1 aromatic rings. The number of rotatable bonds is 4. The van der Waals surface area contributed by atoms with Crippen molar-refractivity contribution in [1.29, 1.82) is 0 Å². The van der Waals surface area contributed by atoms with Gasteiger partial charge < -0.3 is 10.0 Å². The highest BCUT2D eigenvalue weighted by atomic mass is 35.5. The molecule has 1 aromatic carbocycles. The molecule has 1 unspecified atom stereocenters. The zero-order valence-corrected chi connectivity index (χ0v) is 12.9. The van der Waals surface area contributed by atoms with E-state index in [2.05, 4.69) is 18.7 Å². The van der Waals surface area contributed by atoms with Gasteiger partial charge in [-0.3, -0.25) is 0 Å². The van der Waals surface area contributed by atoms with Crippen LogP contribution < -0.4 is 4.90 Å². The topological polar surface area (TPSA) is 23.5 Å². The van der Waals surface area contributed by atoms with E-state index >= 15 is 0 Å². The quantitative estimate of drug-likeness (QED) is 0.884. The van der Waals surface area contributed by atoms with Gasteiger partial charge in [0.05, 0.1) is 16.8 Å². The highest BCUT2D eigenvalue weighted by Gasteiger charge is 2.35. The minimum Gasteiger partial charge on any atom is -0.389 e. The molecule has 106 valence electrons. The number of halogens is 1. The van der Waals surface area contributed by atoms with E-state index in [0.29, 0.717) is 5.41 Å². The first kappa shape index (κ1) is 14.7. The van der Waals surface area contributed by atoms with Crippen LogP contribution in [-0.4, -0.2) is 18.2 Å². The largest absolute Gasteiger partial charge is 0.389 e. The van der Waals surface area contributed by atoms with E-state index in [1.54, 1.807) is 6.92 Å². The Morgan fingerprint density at radius 1 is 1.37 bits per heavy atom. The molecule has 0 bridgehead atoms. The first-order valence-electron chi connectivity index (χ1n) is 7.24. The summed E-state index contributed by atoms with van der Waals surface area (Å²) in [6.45, 7) is 8.50. The molecule has 1 fully saturated rings. The average Bonchev–Trinajstić information content (AvgIpc) is 2.83. The number of benzene rings is 1. The molecule has 1 heterocycles. The summed E-state index contributed by atoms with van der Waals surface area (Å²) in [6.07, 6.45) is 3.23. The summed E-state index contributed by atoms with van der Waals surface area (Å²) in [6, 6.07) is 5.91. The van der Waals surface area contributed by atoms with Crippen LogP contribution in [0.3, 0.4) is 0 Å². The van der Waals surface area contributed by atoms with Crippen molar-refractivity contribution in [1.82, 2.24) is 0 Å². The molecule has 1 aliphatic rings. The lowest BCUT2D eigenvalue weighted by Gasteiger charge is -2.27. The Kier molecular flexibility index (Phi) is 4.42. The normalized spacial score (nSPS) is 19.7. The van der Waals surface area contributed by atoms with Gasteiger partial charge >= 0.3 is 0 Å². The van der Waals surface area contributed by atoms with Crippen molar-refractivity contribution in [2.45, 2.75) is 46.1 Å². The molecule has 2 nitrogen and oxygen atoms in total. The summed E-state index contributed by atoms with van der Waals surface area (Å²) < 4.78 is 0. The van der Waals surface area contributed by atoms with E-state index < -0.39 is 6.10 Å². The minimum absolute atomic E-state index is 0.451. The number of anilines is 1. The lowest BCUT2D eigenvalue weighted by Crippen LogP contribution is -2.26. The zero-order valence-electron chi connectivity index (χ0n) is 12.1. The van der Waals surface area contributed by atoms with Gasteiger partial charge in [0.15, 0.2) is 0 Å². The fourth-order valence-corrected chi connectivity index (χ4v) is 3.32. The second-order valence-corrected chi connectivity index (χ2v) is 6.17. The average molecular weight is 282 g/mol. The molecule has 1 saturated heterocycles. The van der Waals surface area contributed by atoms with Crippen molar-refractivity contribution in [3.05, 3.63) is 28.8 Å². The lowest BCUT2D eigenvalue weighted by atomic mass is 9.82. The molecule has 1 N–H and O–H groups in total. The first-order chi connectivity index (χ1) is 9.01. The fraction of sp³-hybridized carbons (Fsp3) is 0.625. The summed E-state index contributed by atoms with van der Waals surface area (Å²) in [5, 5.41) is 10.3. The summed E-state index contributed by atoms with van der Waals surface area (Å²) in [7, 11) is 0. The second-order valence-electron chi connectivity index (χ2n) is 5.77. The van der Waals surface area contributed by atoms with Crippen LogP contribution in [0.1, 0.15) is 51.7 Å². The van der Waals surface area contributed by atoms with E-state index in [4.69, 9.17) is 11.6 Å². The summed E-state index contributed by atoms with van der Waals surface area (Å²) >= 11 is 6.38. The van der Waals surface area contributed by atoms with E-state index in [1.807, 2.05) is 18.2 Å². The third-order valence-electron chi connectivity index (χ3n) is 4.73. The SMILES string of the molecule is CCC1(CC)CCN(c2ccc(C(C)O)cc2Cl)C1. The number of nitrogens with zero attached hydrogens (tertiary/aromatic N) is 1. The van der Waals surface area contributed by atoms with E-state index in [0.717, 1.165) is 29.4 Å². The van der Waals surface area contributed by atoms with Gasteiger partial charge in [-0.1, -0.05) is 31.5 Å². The van der Waals surface area contributed by atoms with Gasteiger partial charge in [-0.2, -0.15) is 0 Å². The molecule has 1 atom stereocenters. The Morgan fingerprint density at radius 3 is 2.53 bits per heavy atom. The highest BCUT2D eigenvalue weighted by Crippen LogP contribution is 2.41. The van der Waals surface area contributed by atoms with Crippen LogP contribution in [0.2, 0.25) is 5.02 Å². The Balaban J connectivity index is 2.20. The van der Waals surface area contributed by atoms with Crippen molar-refractivity contribution < 1.29 is 5.11 Å². The Bertz CT molecular complexity index is 440. The van der Waals surface area contributed by atoms with Crippen LogP contribution in [0.15, 0.2) is 18.2 Å². The van der Waals surface area contributed by atoms with Crippen molar-refractivity contribution in [3.63, 3.8) is 0 Å². The predicted octanol–water partition coefficient (Wildman–Crippen LogP) is 4.41. The smallest absolute Gasteiger partial charge is 0.0762 e. The second kappa shape index (κ2) is 5.72. The Labute approximate surface area is 121 Å². The third-order valence-corrected chi connectivity index (χ3v) is 5.04. The maximum absolute atomic E-state index is 9.59. The maximum Gasteiger partial charge on any atom is 0.0762 e. The minimum atomic E-state index is -0.462. The van der Waals surface area contributed by atoms with Crippen molar-refractivity contribution in [3.8, 4) is 0 Å². The maximum atomic E-state index is 9.59. The molecule has 2 rings (SSSR count). The van der Waals surface area contributed by atoms with Crippen LogP contribution >= 0.6 is 11.6 Å². The number of hydrogen-bond donors (Lipinski definition) is 1. The van der Waals surface area contributed by atoms with Gasteiger partial charge in [0.25, 0.3) is 0 Å². The van der Waals surface area contributed by atoms with Crippen molar-refractivity contribution in [2.24, 2.45) is 5.41 Å². The molecule has 0 aromatic heterocycles. The summed E-state index contributed by atoms with van der Waals surface area (Å²) in [5.41, 5.74) is 2.44. The molecule has 3 heteroatoms. The van der Waals surface area contributed by atoms with Gasteiger partial charge in [-0.05, 0) is 49.3 Å². The summed E-state index contributed by atoms with van der Waals surface area (Å²) in [4.78, 5) is 2.39. The molecular formula is C16H24ClNO. The monoisotopic (exact) mass is 281 g/mol. The number of hydrogen-bond acceptors (Lipinski definition) is 2. The highest BCUT2D eigenvalue weighted by molar-refractivity contribution is 6.33. The standard InChI is InChI=1S/C16H24ClNO/c1-4-16(5-2)8-9-18(11-16)15-7-6-13(12(3)19)10-14(15)17/h6-7,10,12,19H,4-5,8-9,11H2,1-3H3. The Morgan fingerprint density at radius 2 is 2.05 bits per heavy atom. The van der Waals surface area contributed by atoms with Gasteiger partial charge in [0.1, 0.15) is 0 Å². The molecule has 0 spiro atoms. The van der Waals surface area contributed by atoms with Crippen LogP contribution in [0.25, 0.3) is 0 Å². The molecule has 19 heavy (non-hydrogen) atoms. The lowest BCUT2D eigenvalue weighted by molar-refractivity contribution is 0.199. The molecule has 0 saturated carbocycles.